The van der Waals surface area contributed by atoms with Gasteiger partial charge >= 0.3 is 6.61 Å². The van der Waals surface area contributed by atoms with E-state index in [4.69, 9.17) is 4.74 Å². The first-order valence-electron chi connectivity index (χ1n) is 7.07. The highest BCUT2D eigenvalue weighted by atomic mass is 35.5. The number of nitrogens with zero attached hydrogens (tertiary/aromatic N) is 1. The zero-order valence-corrected chi connectivity index (χ0v) is 14.3. The minimum atomic E-state index is -2.91. The van der Waals surface area contributed by atoms with E-state index in [-0.39, 0.29) is 29.8 Å². The average Bonchev–Trinajstić information content (AvgIpc) is 2.47. The molecule has 0 radical (unpaired) electrons. The highest BCUT2D eigenvalue weighted by Crippen LogP contribution is 2.30. The van der Waals surface area contributed by atoms with E-state index in [2.05, 4.69) is 10.1 Å². The van der Waals surface area contributed by atoms with Gasteiger partial charge in [-0.2, -0.15) is 8.78 Å². The maximum Gasteiger partial charge on any atom is 0.387 e. The zero-order chi connectivity index (χ0) is 16.5. The monoisotopic (exact) mass is 352 g/mol. The standard InChI is InChI=1S/C15H22F2N2O3.ClH/c1-4-21-13-9-11(5-6-12(13)22-15(16)17)10-19(3)14(20)7-8-18-2;/h5-6,9,15,18H,4,7-8,10H2,1-3H3;1H. The molecule has 0 aliphatic heterocycles. The molecule has 0 spiro atoms. The van der Waals surface area contributed by atoms with Crippen molar-refractivity contribution in [2.24, 2.45) is 0 Å². The van der Waals surface area contributed by atoms with E-state index in [1.54, 1.807) is 38.1 Å². The molecule has 1 N–H and O–H groups in total. The summed E-state index contributed by atoms with van der Waals surface area (Å²) >= 11 is 0. The van der Waals surface area contributed by atoms with E-state index >= 15 is 0 Å². The van der Waals surface area contributed by atoms with E-state index in [0.29, 0.717) is 26.1 Å². The van der Waals surface area contributed by atoms with Gasteiger partial charge in [0, 0.05) is 26.6 Å². The summed E-state index contributed by atoms with van der Waals surface area (Å²) in [5.41, 5.74) is 0.783. The quantitative estimate of drug-likeness (QED) is 0.742. The van der Waals surface area contributed by atoms with Crippen molar-refractivity contribution in [3.63, 3.8) is 0 Å². The van der Waals surface area contributed by atoms with E-state index < -0.39 is 6.61 Å². The fraction of sp³-hybridized carbons (Fsp3) is 0.533. The van der Waals surface area contributed by atoms with Gasteiger partial charge in [0.1, 0.15) is 0 Å². The van der Waals surface area contributed by atoms with Gasteiger partial charge in [-0.05, 0) is 31.7 Å². The lowest BCUT2D eigenvalue weighted by Gasteiger charge is -2.18. The van der Waals surface area contributed by atoms with Crippen molar-refractivity contribution in [1.29, 1.82) is 0 Å². The minimum absolute atomic E-state index is 0. The van der Waals surface area contributed by atoms with Crippen LogP contribution in [0, 0.1) is 0 Å². The Morgan fingerprint density at radius 3 is 2.61 bits per heavy atom. The Morgan fingerprint density at radius 2 is 2.04 bits per heavy atom. The van der Waals surface area contributed by atoms with Crippen LogP contribution in [0.15, 0.2) is 18.2 Å². The molecule has 132 valence electrons. The van der Waals surface area contributed by atoms with Gasteiger partial charge in [0.05, 0.1) is 6.61 Å². The third-order valence-corrected chi connectivity index (χ3v) is 2.96. The van der Waals surface area contributed by atoms with Crippen molar-refractivity contribution in [3.05, 3.63) is 23.8 Å². The van der Waals surface area contributed by atoms with Crippen LogP contribution in [0.25, 0.3) is 0 Å². The molecule has 0 heterocycles. The highest BCUT2D eigenvalue weighted by molar-refractivity contribution is 5.85. The van der Waals surface area contributed by atoms with Crippen molar-refractivity contribution in [2.45, 2.75) is 26.5 Å². The molecule has 0 atom stereocenters. The summed E-state index contributed by atoms with van der Waals surface area (Å²) in [5, 5.41) is 2.91. The summed E-state index contributed by atoms with van der Waals surface area (Å²) in [5.74, 6) is 0.237. The van der Waals surface area contributed by atoms with Crippen LogP contribution in [-0.4, -0.2) is 44.7 Å². The zero-order valence-electron chi connectivity index (χ0n) is 13.5. The van der Waals surface area contributed by atoms with Crippen molar-refractivity contribution in [2.75, 3.05) is 27.2 Å². The Morgan fingerprint density at radius 1 is 1.35 bits per heavy atom. The number of rotatable bonds is 9. The number of alkyl halides is 2. The molecule has 8 heteroatoms. The molecule has 0 aromatic heterocycles. The Kier molecular flexibility index (Phi) is 10.2. The van der Waals surface area contributed by atoms with Crippen LogP contribution in [0.4, 0.5) is 8.78 Å². The summed E-state index contributed by atoms with van der Waals surface area (Å²) < 4.78 is 34.4. The molecule has 23 heavy (non-hydrogen) atoms. The smallest absolute Gasteiger partial charge is 0.387 e. The van der Waals surface area contributed by atoms with Gasteiger partial charge < -0.3 is 19.7 Å². The van der Waals surface area contributed by atoms with Gasteiger partial charge in [-0.1, -0.05) is 6.07 Å². The third kappa shape index (κ3) is 7.47. The molecule has 1 aromatic carbocycles. The normalized spacial score (nSPS) is 10.2. The molecular formula is C15H23ClF2N2O3. The molecule has 5 nitrogen and oxygen atoms in total. The molecule has 1 aromatic rings. The maximum atomic E-state index is 12.3. The number of ether oxygens (including phenoxy) is 2. The number of amides is 1. The van der Waals surface area contributed by atoms with Crippen LogP contribution < -0.4 is 14.8 Å². The highest BCUT2D eigenvalue weighted by Gasteiger charge is 2.14. The lowest BCUT2D eigenvalue weighted by Crippen LogP contribution is -2.28. The van der Waals surface area contributed by atoms with Crippen LogP contribution in [-0.2, 0) is 11.3 Å². The first-order valence-corrected chi connectivity index (χ1v) is 7.07. The molecule has 1 rings (SSSR count). The van der Waals surface area contributed by atoms with Crippen molar-refractivity contribution in [3.8, 4) is 11.5 Å². The Balaban J connectivity index is 0.00000484. The maximum absolute atomic E-state index is 12.3. The summed E-state index contributed by atoms with van der Waals surface area (Å²) in [4.78, 5) is 13.4. The summed E-state index contributed by atoms with van der Waals surface area (Å²) in [6, 6.07) is 4.68. The lowest BCUT2D eigenvalue weighted by atomic mass is 10.2. The lowest BCUT2D eigenvalue weighted by molar-refractivity contribution is -0.130. The Hall–Kier alpha value is -1.60. The first-order chi connectivity index (χ1) is 10.5. The molecule has 0 bridgehead atoms. The second-order valence-electron chi connectivity index (χ2n) is 4.70. The van der Waals surface area contributed by atoms with Crippen molar-refractivity contribution >= 4 is 18.3 Å². The second kappa shape index (κ2) is 11.0. The molecule has 0 aliphatic rings. The van der Waals surface area contributed by atoms with Crippen LogP contribution in [0.1, 0.15) is 18.9 Å². The minimum Gasteiger partial charge on any atom is -0.490 e. The molecule has 1 amide bonds. The van der Waals surface area contributed by atoms with Crippen LogP contribution in [0.2, 0.25) is 0 Å². The number of nitrogens with one attached hydrogen (secondary N) is 1. The topological polar surface area (TPSA) is 50.8 Å². The number of hydrogen-bond donors (Lipinski definition) is 1. The summed E-state index contributed by atoms with van der Waals surface area (Å²) in [6.45, 7) is 0.161. The predicted molar refractivity (Wildman–Crippen MR) is 86.5 cm³/mol. The van der Waals surface area contributed by atoms with Crippen LogP contribution in [0.5, 0.6) is 11.5 Å². The average molecular weight is 353 g/mol. The van der Waals surface area contributed by atoms with E-state index in [1.165, 1.54) is 6.07 Å². The molecule has 0 saturated carbocycles. The Labute approximate surface area is 141 Å². The van der Waals surface area contributed by atoms with Crippen LogP contribution >= 0.6 is 12.4 Å². The SMILES string of the molecule is CCOc1cc(CN(C)C(=O)CCNC)ccc1OC(F)F.Cl. The molecule has 0 saturated heterocycles. The predicted octanol–water partition coefficient (Wildman–Crippen LogP) is 2.68. The van der Waals surface area contributed by atoms with Gasteiger partial charge in [-0.15, -0.1) is 12.4 Å². The van der Waals surface area contributed by atoms with E-state index in [9.17, 15) is 13.6 Å². The van der Waals surface area contributed by atoms with Gasteiger partial charge in [0.25, 0.3) is 0 Å². The van der Waals surface area contributed by atoms with Gasteiger partial charge in [0.2, 0.25) is 5.91 Å². The number of carbonyl (C=O) groups is 1. The fourth-order valence-corrected chi connectivity index (χ4v) is 1.90. The molecule has 0 unspecified atom stereocenters. The first kappa shape index (κ1) is 21.4. The Bertz CT molecular complexity index is 490. The molecular weight excluding hydrogens is 330 g/mol. The number of carbonyl (C=O) groups excluding carboxylic acids is 1. The van der Waals surface area contributed by atoms with E-state index in [0.717, 1.165) is 5.56 Å². The summed E-state index contributed by atoms with van der Waals surface area (Å²) in [7, 11) is 3.48. The van der Waals surface area contributed by atoms with E-state index in [1.807, 2.05) is 0 Å². The van der Waals surface area contributed by atoms with Crippen molar-refractivity contribution < 1.29 is 23.0 Å². The number of halogens is 3. The fourth-order valence-electron chi connectivity index (χ4n) is 1.90. The van der Waals surface area contributed by atoms with Gasteiger partial charge in [0.15, 0.2) is 11.5 Å². The van der Waals surface area contributed by atoms with Gasteiger partial charge in [-0.3, -0.25) is 4.79 Å². The molecule has 0 fully saturated rings. The van der Waals surface area contributed by atoms with Gasteiger partial charge in [-0.25, -0.2) is 0 Å². The largest absolute Gasteiger partial charge is 0.490 e. The molecule has 0 aliphatic carbocycles. The second-order valence-corrected chi connectivity index (χ2v) is 4.70. The summed E-state index contributed by atoms with van der Waals surface area (Å²) in [6.07, 6.45) is 0.401. The number of hydrogen-bond acceptors (Lipinski definition) is 4. The number of benzene rings is 1. The third-order valence-electron chi connectivity index (χ3n) is 2.96. The van der Waals surface area contributed by atoms with Crippen molar-refractivity contribution in [1.82, 2.24) is 10.2 Å². The van der Waals surface area contributed by atoms with Crippen LogP contribution in [0.3, 0.4) is 0 Å².